The molecule has 0 aliphatic carbocycles. The van der Waals surface area contributed by atoms with Crippen LogP contribution in [0.1, 0.15) is 6.42 Å². The Balaban J connectivity index is 2.38. The fourth-order valence-corrected chi connectivity index (χ4v) is 2.31. The molecule has 1 heterocycles. The molecule has 96 valence electrons. The highest BCUT2D eigenvalue weighted by atomic mass is 35.5. The van der Waals surface area contributed by atoms with Crippen LogP contribution in [0.5, 0.6) is 0 Å². The van der Waals surface area contributed by atoms with Gasteiger partial charge in [0.1, 0.15) is 0 Å². The van der Waals surface area contributed by atoms with Gasteiger partial charge in [-0.05, 0) is 12.1 Å². The summed E-state index contributed by atoms with van der Waals surface area (Å²) < 4.78 is 0. The lowest BCUT2D eigenvalue weighted by Crippen LogP contribution is -2.35. The van der Waals surface area contributed by atoms with Crippen molar-refractivity contribution >= 4 is 52.3 Å². The van der Waals surface area contributed by atoms with E-state index in [1.54, 1.807) is 0 Å². The van der Waals surface area contributed by atoms with E-state index < -0.39 is 0 Å². The van der Waals surface area contributed by atoms with Gasteiger partial charge in [-0.15, -0.1) is 0 Å². The molecule has 4 nitrogen and oxygen atoms in total. The first kappa shape index (κ1) is 13.5. The number of rotatable bonds is 1. The smallest absolute Gasteiger partial charge is 0.246 e. The van der Waals surface area contributed by atoms with Crippen LogP contribution in [0.15, 0.2) is 12.1 Å². The fraction of sp³-hybridized carbons (Fsp3) is 0.273. The molecule has 1 fully saturated rings. The van der Waals surface area contributed by atoms with Crippen LogP contribution in [0.3, 0.4) is 0 Å². The van der Waals surface area contributed by atoms with Crippen LogP contribution in [0.25, 0.3) is 0 Å². The zero-order valence-electron chi connectivity index (χ0n) is 9.17. The number of carbonyl (C=O) groups is 2. The zero-order chi connectivity index (χ0) is 13.3. The Labute approximate surface area is 119 Å². The van der Waals surface area contributed by atoms with Gasteiger partial charge in [-0.3, -0.25) is 9.59 Å². The third-order valence-corrected chi connectivity index (χ3v) is 3.61. The van der Waals surface area contributed by atoms with Crippen molar-refractivity contribution in [3.8, 4) is 0 Å². The van der Waals surface area contributed by atoms with E-state index in [9.17, 15) is 9.59 Å². The summed E-state index contributed by atoms with van der Waals surface area (Å²) in [4.78, 5) is 24.6. The molecule has 1 aromatic carbocycles. The third-order valence-electron chi connectivity index (χ3n) is 2.58. The Kier molecular flexibility index (Phi) is 4.00. The van der Waals surface area contributed by atoms with Gasteiger partial charge in [0.05, 0.1) is 27.3 Å². The van der Waals surface area contributed by atoms with Crippen molar-refractivity contribution in [1.29, 1.82) is 0 Å². The lowest BCUT2D eigenvalue weighted by Gasteiger charge is -2.21. The zero-order valence-corrected chi connectivity index (χ0v) is 11.4. The molecule has 0 unspecified atom stereocenters. The van der Waals surface area contributed by atoms with Gasteiger partial charge in [-0.25, -0.2) is 0 Å². The van der Waals surface area contributed by atoms with Crippen LogP contribution in [0.4, 0.5) is 5.69 Å². The van der Waals surface area contributed by atoms with Crippen LogP contribution in [-0.2, 0) is 9.59 Å². The van der Waals surface area contributed by atoms with Crippen LogP contribution in [0.2, 0.25) is 15.1 Å². The van der Waals surface area contributed by atoms with E-state index in [2.05, 4.69) is 5.32 Å². The van der Waals surface area contributed by atoms with Crippen molar-refractivity contribution in [3.05, 3.63) is 27.2 Å². The summed E-state index contributed by atoms with van der Waals surface area (Å²) in [6.07, 6.45) is 0.225. The molecule has 7 heteroatoms. The first-order valence-electron chi connectivity index (χ1n) is 5.20. The highest BCUT2D eigenvalue weighted by Crippen LogP contribution is 2.34. The molecule has 1 aliphatic heterocycles. The van der Waals surface area contributed by atoms with E-state index in [1.807, 2.05) is 0 Å². The van der Waals surface area contributed by atoms with Crippen molar-refractivity contribution in [2.75, 3.05) is 18.0 Å². The summed E-state index contributed by atoms with van der Waals surface area (Å²) in [7, 11) is 0. The third kappa shape index (κ3) is 2.71. The monoisotopic (exact) mass is 306 g/mol. The number of anilines is 1. The maximum Gasteiger partial charge on any atom is 0.246 e. The van der Waals surface area contributed by atoms with E-state index in [0.717, 1.165) is 0 Å². The number of benzene rings is 1. The van der Waals surface area contributed by atoms with Crippen LogP contribution in [-0.4, -0.2) is 24.9 Å². The predicted molar refractivity (Wildman–Crippen MR) is 71.5 cm³/mol. The molecule has 2 amide bonds. The van der Waals surface area contributed by atoms with Gasteiger partial charge in [-0.2, -0.15) is 0 Å². The summed E-state index contributed by atoms with van der Waals surface area (Å²) in [6, 6.07) is 3.01. The lowest BCUT2D eigenvalue weighted by atomic mass is 10.2. The topological polar surface area (TPSA) is 49.4 Å². The summed E-state index contributed by atoms with van der Waals surface area (Å²) in [5.74, 6) is -0.400. The lowest BCUT2D eigenvalue weighted by molar-refractivity contribution is -0.123. The van der Waals surface area contributed by atoms with Crippen LogP contribution < -0.4 is 10.2 Å². The minimum atomic E-state index is -0.235. The first-order valence-corrected chi connectivity index (χ1v) is 6.34. The second-order valence-corrected chi connectivity index (χ2v) is 5.01. The molecule has 1 aliphatic rings. The molecular weight excluding hydrogens is 298 g/mol. The molecule has 1 aromatic rings. The van der Waals surface area contributed by atoms with Crippen molar-refractivity contribution in [3.63, 3.8) is 0 Å². The highest BCUT2D eigenvalue weighted by Gasteiger charge is 2.23. The minimum Gasteiger partial charge on any atom is -0.347 e. The molecule has 1 saturated heterocycles. The Hall–Kier alpha value is -0.970. The van der Waals surface area contributed by atoms with Crippen LogP contribution in [0, 0.1) is 0 Å². The molecule has 0 atom stereocenters. The normalized spacial score (nSPS) is 16.5. The van der Waals surface area contributed by atoms with Gasteiger partial charge in [0.25, 0.3) is 0 Å². The van der Waals surface area contributed by atoms with E-state index in [-0.39, 0.29) is 31.3 Å². The van der Waals surface area contributed by atoms with Crippen molar-refractivity contribution in [1.82, 2.24) is 5.32 Å². The Morgan fingerprint density at radius 2 is 1.72 bits per heavy atom. The standard InChI is InChI=1S/C11H9Cl3N2O2/c12-6-3-8(14)9(4-7(6)13)16-2-1-10(17)15-5-11(16)18/h3-4H,1-2,5H2,(H,15,17). The maximum absolute atomic E-state index is 11.9. The van der Waals surface area contributed by atoms with Crippen LogP contribution >= 0.6 is 34.8 Å². The van der Waals surface area contributed by atoms with Gasteiger partial charge < -0.3 is 10.2 Å². The summed E-state index contributed by atoms with van der Waals surface area (Å²) >= 11 is 17.8. The summed E-state index contributed by atoms with van der Waals surface area (Å²) in [5.41, 5.74) is 0.465. The Morgan fingerprint density at radius 3 is 2.44 bits per heavy atom. The Morgan fingerprint density at radius 1 is 1.06 bits per heavy atom. The number of hydrogen-bond acceptors (Lipinski definition) is 2. The van der Waals surface area contributed by atoms with E-state index in [1.165, 1.54) is 17.0 Å². The first-order chi connectivity index (χ1) is 8.49. The molecule has 18 heavy (non-hydrogen) atoms. The van der Waals surface area contributed by atoms with Gasteiger partial charge in [0.2, 0.25) is 11.8 Å². The minimum absolute atomic E-state index is 0.0462. The van der Waals surface area contributed by atoms with E-state index in [0.29, 0.717) is 20.8 Å². The quantitative estimate of drug-likeness (QED) is 0.810. The molecule has 1 N–H and O–H groups in total. The van der Waals surface area contributed by atoms with Gasteiger partial charge in [0, 0.05) is 13.0 Å². The second-order valence-electron chi connectivity index (χ2n) is 3.79. The molecule has 0 saturated carbocycles. The Bertz CT molecular complexity index is 519. The highest BCUT2D eigenvalue weighted by molar-refractivity contribution is 6.44. The maximum atomic E-state index is 11.9. The molecule has 0 radical (unpaired) electrons. The predicted octanol–water partition coefficient (Wildman–Crippen LogP) is 2.50. The molecule has 0 spiro atoms. The summed E-state index contributed by atoms with van der Waals surface area (Å²) in [6.45, 7) is 0.220. The van der Waals surface area contributed by atoms with Gasteiger partial charge in [0.15, 0.2) is 0 Å². The van der Waals surface area contributed by atoms with Crippen molar-refractivity contribution < 1.29 is 9.59 Å². The molecule has 0 aromatic heterocycles. The molecule has 2 rings (SSSR count). The average molecular weight is 308 g/mol. The number of halogens is 3. The van der Waals surface area contributed by atoms with E-state index >= 15 is 0 Å². The van der Waals surface area contributed by atoms with Gasteiger partial charge in [-0.1, -0.05) is 34.8 Å². The average Bonchev–Trinajstić information content (AvgIpc) is 2.47. The van der Waals surface area contributed by atoms with E-state index in [4.69, 9.17) is 34.8 Å². The molecule has 0 bridgehead atoms. The van der Waals surface area contributed by atoms with Crippen molar-refractivity contribution in [2.45, 2.75) is 6.42 Å². The fourth-order valence-electron chi connectivity index (χ4n) is 1.67. The number of amides is 2. The number of carbonyl (C=O) groups excluding carboxylic acids is 2. The van der Waals surface area contributed by atoms with Crippen molar-refractivity contribution in [2.24, 2.45) is 0 Å². The summed E-state index contributed by atoms with van der Waals surface area (Å²) in [5, 5.41) is 3.47. The molecular formula is C11H9Cl3N2O2. The number of hydrogen-bond donors (Lipinski definition) is 1. The SMILES string of the molecule is O=C1CCN(c2cc(Cl)c(Cl)cc2Cl)C(=O)CN1. The number of nitrogens with one attached hydrogen (secondary N) is 1. The number of nitrogens with zero attached hydrogens (tertiary/aromatic N) is 1. The van der Waals surface area contributed by atoms with Gasteiger partial charge >= 0.3 is 0 Å². The largest absolute Gasteiger partial charge is 0.347 e. The second kappa shape index (κ2) is 5.34.